The number of benzene rings is 1. The van der Waals surface area contributed by atoms with Crippen molar-refractivity contribution >= 4 is 10.0 Å². The predicted octanol–water partition coefficient (Wildman–Crippen LogP) is 1.91. The summed E-state index contributed by atoms with van der Waals surface area (Å²) in [5.74, 6) is 0.330. The molecule has 0 amide bonds. The number of aryl methyl sites for hydroxylation is 2. The molecule has 0 bridgehead atoms. The number of rotatable bonds is 4. The van der Waals surface area contributed by atoms with Gasteiger partial charge in [-0.2, -0.15) is 0 Å². The summed E-state index contributed by atoms with van der Waals surface area (Å²) in [5.41, 5.74) is 1.60. The van der Waals surface area contributed by atoms with E-state index in [0.29, 0.717) is 12.4 Å². The van der Waals surface area contributed by atoms with Crippen LogP contribution in [-0.4, -0.2) is 15.0 Å². The van der Waals surface area contributed by atoms with Crippen molar-refractivity contribution in [3.63, 3.8) is 0 Å². The van der Waals surface area contributed by atoms with Crippen molar-refractivity contribution < 1.29 is 13.2 Å². The van der Waals surface area contributed by atoms with Gasteiger partial charge in [0.05, 0.1) is 0 Å². The van der Waals surface area contributed by atoms with E-state index in [4.69, 9.17) is 9.88 Å². The van der Waals surface area contributed by atoms with Crippen LogP contribution in [0.15, 0.2) is 29.2 Å². The zero-order valence-corrected chi connectivity index (χ0v) is 11.0. The lowest BCUT2D eigenvalue weighted by molar-refractivity contribution is 0.350. The summed E-state index contributed by atoms with van der Waals surface area (Å²) in [6.45, 7) is 5.80. The number of primary sulfonamides is 1. The average Bonchev–Trinajstić information content (AvgIpc) is 2.19. The Hall–Kier alpha value is -1.33. The highest BCUT2D eigenvalue weighted by atomic mass is 32.2. The van der Waals surface area contributed by atoms with Gasteiger partial charge in [0.15, 0.2) is 0 Å². The zero-order valence-electron chi connectivity index (χ0n) is 10.2. The van der Waals surface area contributed by atoms with Crippen molar-refractivity contribution in [3.05, 3.63) is 35.4 Å². The fourth-order valence-electron chi connectivity index (χ4n) is 1.54. The van der Waals surface area contributed by atoms with E-state index in [2.05, 4.69) is 0 Å². The van der Waals surface area contributed by atoms with Gasteiger partial charge in [0.1, 0.15) is 17.3 Å². The van der Waals surface area contributed by atoms with Gasteiger partial charge in [0.25, 0.3) is 0 Å². The van der Waals surface area contributed by atoms with E-state index in [1.165, 1.54) is 6.07 Å². The number of hydrogen-bond donors (Lipinski definition) is 1. The van der Waals surface area contributed by atoms with Crippen molar-refractivity contribution in [1.82, 2.24) is 0 Å². The second-order valence-corrected chi connectivity index (χ2v) is 5.36. The van der Waals surface area contributed by atoms with E-state index in [9.17, 15) is 8.42 Å². The van der Waals surface area contributed by atoms with Gasteiger partial charge in [-0.3, -0.25) is 0 Å². The van der Waals surface area contributed by atoms with Gasteiger partial charge in [-0.05, 0) is 38.0 Å². The summed E-state index contributed by atoms with van der Waals surface area (Å²) >= 11 is 0. The maximum absolute atomic E-state index is 11.5. The minimum absolute atomic E-state index is 0.0412. The number of allylic oxidation sites excluding steroid dienone is 1. The van der Waals surface area contributed by atoms with Crippen LogP contribution in [0.3, 0.4) is 0 Å². The third kappa shape index (κ3) is 3.57. The lowest BCUT2D eigenvalue weighted by Gasteiger charge is -2.12. The van der Waals surface area contributed by atoms with Gasteiger partial charge in [-0.15, -0.1) is 0 Å². The summed E-state index contributed by atoms with van der Waals surface area (Å²) in [6, 6.07) is 3.38. The van der Waals surface area contributed by atoms with Gasteiger partial charge in [0, 0.05) is 0 Å². The largest absolute Gasteiger partial charge is 0.488 e. The summed E-state index contributed by atoms with van der Waals surface area (Å²) in [6.07, 6.45) is 3.63. The van der Waals surface area contributed by atoms with Gasteiger partial charge < -0.3 is 4.74 Å². The molecule has 2 N–H and O–H groups in total. The molecule has 0 aliphatic carbocycles. The highest BCUT2D eigenvalue weighted by molar-refractivity contribution is 7.89. The normalized spacial score (nSPS) is 12.0. The molecule has 5 heteroatoms. The average molecular weight is 255 g/mol. The molecule has 1 rings (SSSR count). The fourth-order valence-corrected chi connectivity index (χ4v) is 2.37. The van der Waals surface area contributed by atoms with Crippen molar-refractivity contribution in [2.24, 2.45) is 5.14 Å². The van der Waals surface area contributed by atoms with Crippen LogP contribution in [0.4, 0.5) is 0 Å². The molecule has 0 radical (unpaired) electrons. The molecule has 0 spiro atoms. The molecule has 0 aliphatic heterocycles. The number of sulfonamides is 1. The molecule has 4 nitrogen and oxygen atoms in total. The molecule has 0 atom stereocenters. The topological polar surface area (TPSA) is 69.4 Å². The van der Waals surface area contributed by atoms with Crippen molar-refractivity contribution in [2.75, 3.05) is 6.61 Å². The fraction of sp³-hybridized carbons (Fsp3) is 0.333. The molecule has 0 saturated carbocycles. The standard InChI is InChI=1S/C12H17NO3S/c1-4-5-6-16-12-10(3)7-9(2)8-11(12)17(13,14)15/h4-5,7-8H,6H2,1-3H3,(H2,13,14,15)/b5-4+. The highest BCUT2D eigenvalue weighted by Gasteiger charge is 2.17. The van der Waals surface area contributed by atoms with Gasteiger partial charge in [-0.1, -0.05) is 18.2 Å². The smallest absolute Gasteiger partial charge is 0.241 e. The maximum Gasteiger partial charge on any atom is 0.241 e. The molecule has 1 aromatic carbocycles. The van der Waals surface area contributed by atoms with Crippen LogP contribution in [-0.2, 0) is 10.0 Å². The summed E-state index contributed by atoms with van der Waals surface area (Å²) in [7, 11) is -3.76. The monoisotopic (exact) mass is 255 g/mol. The lowest BCUT2D eigenvalue weighted by atomic mass is 10.1. The Labute approximate surface area is 102 Å². The highest BCUT2D eigenvalue weighted by Crippen LogP contribution is 2.28. The Bertz CT molecular complexity index is 533. The van der Waals surface area contributed by atoms with Crippen LogP contribution in [0.1, 0.15) is 18.1 Å². The van der Waals surface area contributed by atoms with E-state index in [1.807, 2.05) is 26.0 Å². The van der Waals surface area contributed by atoms with Crippen molar-refractivity contribution in [2.45, 2.75) is 25.7 Å². The molecule has 17 heavy (non-hydrogen) atoms. The molecule has 1 aromatic rings. The van der Waals surface area contributed by atoms with Gasteiger partial charge >= 0.3 is 0 Å². The minimum Gasteiger partial charge on any atom is -0.488 e. The van der Waals surface area contributed by atoms with Crippen LogP contribution in [0.5, 0.6) is 5.75 Å². The van der Waals surface area contributed by atoms with Crippen LogP contribution < -0.4 is 9.88 Å². The number of hydrogen-bond acceptors (Lipinski definition) is 3. The van der Waals surface area contributed by atoms with Crippen molar-refractivity contribution in [1.29, 1.82) is 0 Å². The molecule has 0 aliphatic rings. The second kappa shape index (κ2) is 5.33. The number of nitrogens with two attached hydrogens (primary N) is 1. The second-order valence-electron chi connectivity index (χ2n) is 3.83. The zero-order chi connectivity index (χ0) is 13.1. The first-order valence-corrected chi connectivity index (χ1v) is 6.79. The quantitative estimate of drug-likeness (QED) is 0.835. The third-order valence-electron chi connectivity index (χ3n) is 2.25. The van der Waals surface area contributed by atoms with E-state index < -0.39 is 10.0 Å². The molecule has 94 valence electrons. The molecule has 0 fully saturated rings. The Morgan fingerprint density at radius 2 is 2.00 bits per heavy atom. The Morgan fingerprint density at radius 3 is 2.53 bits per heavy atom. The van der Waals surface area contributed by atoms with Crippen LogP contribution in [0.25, 0.3) is 0 Å². The first-order chi connectivity index (χ1) is 7.86. The van der Waals surface area contributed by atoms with Crippen LogP contribution >= 0.6 is 0 Å². The minimum atomic E-state index is -3.76. The predicted molar refractivity (Wildman–Crippen MR) is 67.6 cm³/mol. The van der Waals surface area contributed by atoms with E-state index >= 15 is 0 Å². The Balaban J connectivity index is 3.26. The SMILES string of the molecule is C/C=C/COc1c(C)cc(C)cc1S(N)(=O)=O. The van der Waals surface area contributed by atoms with Crippen LogP contribution in [0.2, 0.25) is 0 Å². The Kier molecular flexibility index (Phi) is 4.31. The number of ether oxygens (including phenoxy) is 1. The summed E-state index contributed by atoms with van der Waals surface area (Å²) < 4.78 is 28.4. The van der Waals surface area contributed by atoms with Crippen molar-refractivity contribution in [3.8, 4) is 5.75 Å². The molecule has 0 saturated heterocycles. The van der Waals surface area contributed by atoms with E-state index in [-0.39, 0.29) is 4.90 Å². The first kappa shape index (κ1) is 13.7. The maximum atomic E-state index is 11.5. The molecular formula is C12H17NO3S. The molecule has 0 heterocycles. The van der Waals surface area contributed by atoms with Gasteiger partial charge in [-0.25, -0.2) is 13.6 Å². The lowest BCUT2D eigenvalue weighted by Crippen LogP contribution is -2.15. The molecule has 0 unspecified atom stereocenters. The molecular weight excluding hydrogens is 238 g/mol. The summed E-state index contributed by atoms with van der Waals surface area (Å²) in [5, 5.41) is 5.17. The van der Waals surface area contributed by atoms with Gasteiger partial charge in [0.2, 0.25) is 10.0 Å². The van der Waals surface area contributed by atoms with E-state index in [1.54, 1.807) is 13.0 Å². The third-order valence-corrected chi connectivity index (χ3v) is 3.17. The summed E-state index contributed by atoms with van der Waals surface area (Å²) in [4.78, 5) is 0.0412. The molecule has 0 aromatic heterocycles. The first-order valence-electron chi connectivity index (χ1n) is 5.24. The van der Waals surface area contributed by atoms with E-state index in [0.717, 1.165) is 11.1 Å². The Morgan fingerprint density at radius 1 is 1.35 bits per heavy atom. The van der Waals surface area contributed by atoms with Crippen LogP contribution in [0, 0.1) is 13.8 Å².